The Bertz CT molecular complexity index is 764. The number of piperidine rings is 1. The molecular weight excluding hydrogens is 414 g/mol. The van der Waals surface area contributed by atoms with Crippen LogP contribution in [0.25, 0.3) is 0 Å². The highest BCUT2D eigenvalue weighted by atomic mass is 19.1. The highest BCUT2D eigenvalue weighted by Crippen LogP contribution is 2.43. The van der Waals surface area contributed by atoms with E-state index in [4.69, 9.17) is 0 Å². The maximum atomic E-state index is 13.7. The first-order chi connectivity index (χ1) is 15.1. The standard InChI is InChI=1S/C25H38F2N2O3/c1-3-4-10-25(32)15-22(29-24(16-25)8-6-5-7-9-24)23(31)21(28-17(2)30)13-18-11-19(26)14-20(27)12-18/h11-12,14,21-23,29,31-32H,3-10,13,15-16H2,1-2H3,(H,28,30). The smallest absolute Gasteiger partial charge is 0.217 e. The summed E-state index contributed by atoms with van der Waals surface area (Å²) in [4.78, 5) is 11.9. The normalized spacial score (nSPS) is 27.1. The number of hydrogen-bond acceptors (Lipinski definition) is 4. The number of nitrogens with one attached hydrogen (secondary N) is 2. The van der Waals surface area contributed by atoms with Crippen LogP contribution < -0.4 is 10.6 Å². The fourth-order valence-electron chi connectivity index (χ4n) is 5.84. The van der Waals surface area contributed by atoms with Gasteiger partial charge < -0.3 is 20.8 Å². The monoisotopic (exact) mass is 452 g/mol. The van der Waals surface area contributed by atoms with E-state index in [9.17, 15) is 23.8 Å². The molecule has 2 aliphatic rings. The van der Waals surface area contributed by atoms with Crippen molar-refractivity contribution in [2.24, 2.45) is 0 Å². The molecule has 2 fully saturated rings. The maximum absolute atomic E-state index is 13.7. The van der Waals surface area contributed by atoms with Crippen LogP contribution in [0.2, 0.25) is 0 Å². The molecule has 0 bridgehead atoms. The lowest BCUT2D eigenvalue weighted by Crippen LogP contribution is -2.67. The number of benzene rings is 1. The molecule has 0 radical (unpaired) electrons. The molecule has 180 valence electrons. The number of amides is 1. The Hall–Kier alpha value is -1.57. The molecule has 4 atom stereocenters. The number of carbonyl (C=O) groups excluding carboxylic acids is 1. The molecule has 1 aliphatic heterocycles. The summed E-state index contributed by atoms with van der Waals surface area (Å²) >= 11 is 0. The first-order valence-electron chi connectivity index (χ1n) is 12.0. The molecule has 4 N–H and O–H groups in total. The number of rotatable bonds is 8. The Morgan fingerprint density at radius 1 is 1.22 bits per heavy atom. The second-order valence-electron chi connectivity index (χ2n) is 10.1. The van der Waals surface area contributed by atoms with Crippen LogP contribution in [0.3, 0.4) is 0 Å². The van der Waals surface area contributed by atoms with Gasteiger partial charge in [-0.25, -0.2) is 8.78 Å². The lowest BCUT2D eigenvalue weighted by molar-refractivity contribution is -0.121. The minimum absolute atomic E-state index is 0.0913. The highest BCUT2D eigenvalue weighted by molar-refractivity contribution is 5.73. The summed E-state index contributed by atoms with van der Waals surface area (Å²) in [5, 5.41) is 29.3. The van der Waals surface area contributed by atoms with E-state index in [-0.39, 0.29) is 17.9 Å². The fourth-order valence-corrected chi connectivity index (χ4v) is 5.84. The molecule has 4 unspecified atom stereocenters. The summed E-state index contributed by atoms with van der Waals surface area (Å²) in [5.74, 6) is -1.71. The first kappa shape index (κ1) is 25.1. The largest absolute Gasteiger partial charge is 0.390 e. The van der Waals surface area contributed by atoms with Gasteiger partial charge in [-0.05, 0) is 56.2 Å². The van der Waals surface area contributed by atoms with Crippen molar-refractivity contribution in [3.05, 3.63) is 35.4 Å². The predicted molar refractivity (Wildman–Crippen MR) is 120 cm³/mol. The molecule has 1 saturated heterocycles. The SMILES string of the molecule is CCCCC1(O)CC(C(O)C(Cc2cc(F)cc(F)c2)NC(C)=O)NC2(CCCCC2)C1. The van der Waals surface area contributed by atoms with Crippen LogP contribution in [0, 0.1) is 11.6 Å². The summed E-state index contributed by atoms with van der Waals surface area (Å²) in [6.07, 6.45) is 7.92. The molecule has 1 aromatic carbocycles. The summed E-state index contributed by atoms with van der Waals surface area (Å²) in [7, 11) is 0. The molecule has 1 heterocycles. The molecule has 0 aromatic heterocycles. The van der Waals surface area contributed by atoms with Crippen molar-refractivity contribution in [2.45, 2.75) is 114 Å². The molecule has 32 heavy (non-hydrogen) atoms. The molecule has 1 saturated carbocycles. The van der Waals surface area contributed by atoms with Gasteiger partial charge in [-0.1, -0.05) is 39.0 Å². The van der Waals surface area contributed by atoms with Gasteiger partial charge in [-0.3, -0.25) is 4.79 Å². The number of halogens is 2. The quantitative estimate of drug-likeness (QED) is 0.484. The van der Waals surface area contributed by atoms with Crippen LogP contribution in [0.1, 0.15) is 83.6 Å². The molecule has 3 rings (SSSR count). The Balaban J connectivity index is 1.85. The number of aliphatic hydroxyl groups excluding tert-OH is 1. The molecule has 1 spiro atoms. The van der Waals surface area contributed by atoms with Gasteiger partial charge in [0, 0.05) is 24.6 Å². The van der Waals surface area contributed by atoms with Gasteiger partial charge in [-0.15, -0.1) is 0 Å². The van der Waals surface area contributed by atoms with E-state index < -0.39 is 35.4 Å². The van der Waals surface area contributed by atoms with E-state index in [0.29, 0.717) is 24.8 Å². The highest BCUT2D eigenvalue weighted by Gasteiger charge is 2.49. The minimum atomic E-state index is -1.02. The molecule has 1 aromatic rings. The van der Waals surface area contributed by atoms with Gasteiger partial charge in [0.25, 0.3) is 0 Å². The van der Waals surface area contributed by atoms with Crippen molar-refractivity contribution >= 4 is 5.91 Å². The molecule has 5 nitrogen and oxygen atoms in total. The van der Waals surface area contributed by atoms with Gasteiger partial charge in [0.1, 0.15) is 11.6 Å². The van der Waals surface area contributed by atoms with Crippen LogP contribution >= 0.6 is 0 Å². The second kappa shape index (κ2) is 10.6. The van der Waals surface area contributed by atoms with Crippen molar-refractivity contribution in [1.29, 1.82) is 0 Å². The number of carbonyl (C=O) groups is 1. The zero-order valence-electron chi connectivity index (χ0n) is 19.3. The first-order valence-corrected chi connectivity index (χ1v) is 12.0. The van der Waals surface area contributed by atoms with E-state index in [0.717, 1.165) is 44.6 Å². The van der Waals surface area contributed by atoms with Gasteiger partial charge >= 0.3 is 0 Å². The third-order valence-corrected chi connectivity index (χ3v) is 7.16. The molecule has 1 amide bonds. The van der Waals surface area contributed by atoms with Crippen LogP contribution in [-0.2, 0) is 11.2 Å². The average molecular weight is 453 g/mol. The Morgan fingerprint density at radius 2 is 1.88 bits per heavy atom. The third kappa shape index (κ3) is 6.49. The van der Waals surface area contributed by atoms with Crippen molar-refractivity contribution in [1.82, 2.24) is 10.6 Å². The lowest BCUT2D eigenvalue weighted by atomic mass is 9.67. The van der Waals surface area contributed by atoms with E-state index in [2.05, 4.69) is 17.6 Å². The number of unbranched alkanes of at least 4 members (excludes halogenated alkanes) is 1. The third-order valence-electron chi connectivity index (χ3n) is 7.16. The molecule has 7 heteroatoms. The van der Waals surface area contributed by atoms with E-state index in [1.54, 1.807) is 0 Å². The van der Waals surface area contributed by atoms with E-state index in [1.807, 2.05) is 0 Å². The van der Waals surface area contributed by atoms with Crippen molar-refractivity contribution in [2.75, 3.05) is 0 Å². The van der Waals surface area contributed by atoms with Crippen LogP contribution in [0.4, 0.5) is 8.78 Å². The Labute approximate surface area is 190 Å². The van der Waals surface area contributed by atoms with E-state index in [1.165, 1.54) is 25.5 Å². The zero-order chi connectivity index (χ0) is 23.4. The minimum Gasteiger partial charge on any atom is -0.390 e. The summed E-state index contributed by atoms with van der Waals surface area (Å²) in [5.41, 5.74) is -0.739. The van der Waals surface area contributed by atoms with Crippen molar-refractivity contribution in [3.8, 4) is 0 Å². The van der Waals surface area contributed by atoms with Gasteiger partial charge in [0.15, 0.2) is 0 Å². The van der Waals surface area contributed by atoms with Gasteiger partial charge in [-0.2, -0.15) is 0 Å². The lowest BCUT2D eigenvalue weighted by Gasteiger charge is -2.53. The van der Waals surface area contributed by atoms with E-state index >= 15 is 0 Å². The predicted octanol–water partition coefficient (Wildman–Crippen LogP) is 3.75. The van der Waals surface area contributed by atoms with Crippen molar-refractivity contribution in [3.63, 3.8) is 0 Å². The van der Waals surface area contributed by atoms with Crippen molar-refractivity contribution < 1.29 is 23.8 Å². The Morgan fingerprint density at radius 3 is 2.47 bits per heavy atom. The zero-order valence-corrected chi connectivity index (χ0v) is 19.3. The van der Waals surface area contributed by atoms with Gasteiger partial charge in [0.05, 0.1) is 17.7 Å². The summed E-state index contributed by atoms with van der Waals surface area (Å²) < 4.78 is 27.4. The Kier molecular flexibility index (Phi) is 8.28. The second-order valence-corrected chi connectivity index (χ2v) is 10.1. The summed E-state index contributed by atoms with van der Waals surface area (Å²) in [6, 6.07) is 2.08. The maximum Gasteiger partial charge on any atom is 0.217 e. The molecular formula is C25H38F2N2O3. The summed E-state index contributed by atoms with van der Waals surface area (Å²) in [6.45, 7) is 3.46. The van der Waals surface area contributed by atoms with Crippen LogP contribution in [0.5, 0.6) is 0 Å². The number of aliphatic hydroxyl groups is 2. The average Bonchev–Trinajstić information content (AvgIpc) is 2.70. The van der Waals surface area contributed by atoms with Crippen LogP contribution in [0.15, 0.2) is 18.2 Å². The molecule has 1 aliphatic carbocycles. The van der Waals surface area contributed by atoms with Crippen LogP contribution in [-0.4, -0.2) is 45.4 Å². The number of hydrogen-bond donors (Lipinski definition) is 4. The topological polar surface area (TPSA) is 81.6 Å². The van der Waals surface area contributed by atoms with Gasteiger partial charge in [0.2, 0.25) is 5.91 Å². The fraction of sp³-hybridized carbons (Fsp3) is 0.720.